The van der Waals surface area contributed by atoms with Gasteiger partial charge in [-0.3, -0.25) is 9.59 Å². The summed E-state index contributed by atoms with van der Waals surface area (Å²) in [5.41, 5.74) is 2.43. The number of piperidine rings is 1. The third-order valence-electron chi connectivity index (χ3n) is 5.11. The number of carbonyl (C=O) groups is 2. The summed E-state index contributed by atoms with van der Waals surface area (Å²) in [6.07, 6.45) is 3.23. The molecule has 2 amide bonds. The monoisotopic (exact) mass is 355 g/mol. The lowest BCUT2D eigenvalue weighted by Crippen LogP contribution is -2.44. The summed E-state index contributed by atoms with van der Waals surface area (Å²) >= 11 is 0. The molecule has 1 aliphatic rings. The Morgan fingerprint density at radius 3 is 2.65 bits per heavy atom. The van der Waals surface area contributed by atoms with Crippen LogP contribution < -0.4 is 5.32 Å². The van der Waals surface area contributed by atoms with Crippen molar-refractivity contribution in [2.24, 2.45) is 5.92 Å². The van der Waals surface area contributed by atoms with Gasteiger partial charge in [-0.1, -0.05) is 6.07 Å². The maximum Gasteiger partial charge on any atom is 0.257 e. The Balaban J connectivity index is 1.72. The number of likely N-dealkylation sites (tertiary alicyclic amines) is 1. The van der Waals surface area contributed by atoms with Crippen molar-refractivity contribution in [3.63, 3.8) is 0 Å². The van der Waals surface area contributed by atoms with Crippen molar-refractivity contribution in [2.45, 2.75) is 40.5 Å². The van der Waals surface area contributed by atoms with E-state index in [0.29, 0.717) is 30.2 Å². The molecule has 2 aromatic heterocycles. The number of carbonyl (C=O) groups excluding carboxylic acids is 2. The van der Waals surface area contributed by atoms with E-state index in [-0.39, 0.29) is 17.7 Å². The molecule has 1 atom stereocenters. The highest BCUT2D eigenvalue weighted by Gasteiger charge is 2.31. The first kappa shape index (κ1) is 18.2. The fourth-order valence-electron chi connectivity index (χ4n) is 3.48. The van der Waals surface area contributed by atoms with Crippen molar-refractivity contribution >= 4 is 17.6 Å². The second kappa shape index (κ2) is 7.32. The van der Waals surface area contributed by atoms with Crippen LogP contribution in [-0.2, 0) is 4.79 Å². The number of furan rings is 1. The van der Waals surface area contributed by atoms with Gasteiger partial charge >= 0.3 is 0 Å². The van der Waals surface area contributed by atoms with Crippen LogP contribution in [0.2, 0.25) is 0 Å². The molecular weight excluding hydrogens is 330 g/mol. The van der Waals surface area contributed by atoms with Crippen LogP contribution in [0.25, 0.3) is 0 Å². The van der Waals surface area contributed by atoms with E-state index in [1.165, 1.54) is 0 Å². The minimum absolute atomic E-state index is 0.0524. The molecule has 1 fully saturated rings. The number of aryl methyl sites for hydroxylation is 3. The molecule has 6 heteroatoms. The maximum atomic E-state index is 13.0. The molecule has 0 bridgehead atoms. The molecule has 0 aliphatic carbocycles. The van der Waals surface area contributed by atoms with Crippen LogP contribution in [0.5, 0.6) is 0 Å². The van der Waals surface area contributed by atoms with Gasteiger partial charge in [0.25, 0.3) is 5.91 Å². The fourth-order valence-corrected chi connectivity index (χ4v) is 3.48. The van der Waals surface area contributed by atoms with Crippen LogP contribution in [0.15, 0.2) is 22.7 Å². The Kier molecular flexibility index (Phi) is 5.11. The Morgan fingerprint density at radius 1 is 1.23 bits per heavy atom. The molecule has 0 spiro atoms. The van der Waals surface area contributed by atoms with Crippen molar-refractivity contribution in [1.82, 2.24) is 9.88 Å². The number of hydrogen-bond donors (Lipinski definition) is 1. The molecule has 3 heterocycles. The fraction of sp³-hybridized carbons (Fsp3) is 0.450. The van der Waals surface area contributed by atoms with Crippen molar-refractivity contribution in [3.8, 4) is 0 Å². The van der Waals surface area contributed by atoms with Crippen molar-refractivity contribution in [3.05, 3.63) is 46.5 Å². The smallest absolute Gasteiger partial charge is 0.257 e. The summed E-state index contributed by atoms with van der Waals surface area (Å²) in [5, 5.41) is 2.90. The zero-order valence-corrected chi connectivity index (χ0v) is 15.8. The highest BCUT2D eigenvalue weighted by Crippen LogP contribution is 2.26. The molecule has 0 saturated carbocycles. The molecule has 1 N–H and O–H groups in total. The van der Waals surface area contributed by atoms with Gasteiger partial charge in [0.15, 0.2) is 0 Å². The zero-order valence-electron chi connectivity index (χ0n) is 15.8. The second-order valence-electron chi connectivity index (χ2n) is 6.96. The van der Waals surface area contributed by atoms with E-state index in [1.54, 1.807) is 11.1 Å². The number of hydrogen-bond acceptors (Lipinski definition) is 4. The van der Waals surface area contributed by atoms with Gasteiger partial charge in [0, 0.05) is 24.8 Å². The molecule has 3 rings (SSSR count). The predicted octanol–water partition coefficient (Wildman–Crippen LogP) is 3.40. The molecule has 0 radical (unpaired) electrons. The summed E-state index contributed by atoms with van der Waals surface area (Å²) in [4.78, 5) is 31.6. The van der Waals surface area contributed by atoms with Gasteiger partial charge in [0.2, 0.25) is 5.91 Å². The molecule has 0 aromatic carbocycles. The number of amides is 2. The molecule has 1 aliphatic heterocycles. The Hall–Kier alpha value is -2.63. The van der Waals surface area contributed by atoms with Gasteiger partial charge in [-0.25, -0.2) is 4.98 Å². The van der Waals surface area contributed by atoms with E-state index in [2.05, 4.69) is 10.3 Å². The topological polar surface area (TPSA) is 75.4 Å². The van der Waals surface area contributed by atoms with Gasteiger partial charge in [-0.05, 0) is 52.2 Å². The van der Waals surface area contributed by atoms with Crippen LogP contribution in [0.3, 0.4) is 0 Å². The third-order valence-corrected chi connectivity index (χ3v) is 5.11. The van der Waals surface area contributed by atoms with E-state index in [9.17, 15) is 9.59 Å². The quantitative estimate of drug-likeness (QED) is 0.915. The molecule has 138 valence electrons. The lowest BCUT2D eigenvalue weighted by atomic mass is 9.96. The second-order valence-corrected chi connectivity index (χ2v) is 6.96. The van der Waals surface area contributed by atoms with Gasteiger partial charge < -0.3 is 14.6 Å². The van der Waals surface area contributed by atoms with Crippen LogP contribution in [0.1, 0.15) is 45.8 Å². The van der Waals surface area contributed by atoms with Crippen LogP contribution >= 0.6 is 0 Å². The lowest BCUT2D eigenvalue weighted by molar-refractivity contribution is -0.121. The lowest BCUT2D eigenvalue weighted by Gasteiger charge is -2.32. The summed E-state index contributed by atoms with van der Waals surface area (Å²) in [5.74, 6) is 1.62. The van der Waals surface area contributed by atoms with Crippen LogP contribution in [0.4, 0.5) is 5.82 Å². The normalized spacial score (nSPS) is 17.2. The largest absolute Gasteiger partial charge is 0.466 e. The van der Waals surface area contributed by atoms with Crippen molar-refractivity contribution in [2.75, 3.05) is 18.4 Å². The van der Waals surface area contributed by atoms with Gasteiger partial charge in [-0.15, -0.1) is 0 Å². The highest BCUT2D eigenvalue weighted by molar-refractivity contribution is 5.98. The van der Waals surface area contributed by atoms with E-state index in [4.69, 9.17) is 4.42 Å². The first-order valence-electron chi connectivity index (χ1n) is 8.96. The number of rotatable bonds is 3. The molecule has 1 saturated heterocycles. The van der Waals surface area contributed by atoms with E-state index < -0.39 is 0 Å². The summed E-state index contributed by atoms with van der Waals surface area (Å²) in [6.45, 7) is 8.56. The summed E-state index contributed by atoms with van der Waals surface area (Å²) < 4.78 is 5.59. The Morgan fingerprint density at radius 2 is 2.00 bits per heavy atom. The van der Waals surface area contributed by atoms with Gasteiger partial charge in [0.05, 0.1) is 11.5 Å². The molecule has 26 heavy (non-hydrogen) atoms. The first-order valence-corrected chi connectivity index (χ1v) is 8.96. The SMILES string of the molecule is Cc1cccnc1NC(=O)[C@H]1CCCN(C(=O)c2c(C)oc(C)c2C)C1. The number of nitrogens with zero attached hydrogens (tertiary/aromatic N) is 2. The minimum atomic E-state index is -0.234. The van der Waals surface area contributed by atoms with Crippen molar-refractivity contribution < 1.29 is 14.0 Å². The molecule has 0 unspecified atom stereocenters. The van der Waals surface area contributed by atoms with E-state index in [0.717, 1.165) is 29.7 Å². The van der Waals surface area contributed by atoms with E-state index in [1.807, 2.05) is 39.8 Å². The van der Waals surface area contributed by atoms with E-state index >= 15 is 0 Å². The highest BCUT2D eigenvalue weighted by atomic mass is 16.3. The number of pyridine rings is 1. The molecule has 6 nitrogen and oxygen atoms in total. The summed E-state index contributed by atoms with van der Waals surface area (Å²) in [7, 11) is 0. The zero-order chi connectivity index (χ0) is 18.8. The minimum Gasteiger partial charge on any atom is -0.466 e. The molecule has 2 aromatic rings. The first-order chi connectivity index (χ1) is 12.4. The predicted molar refractivity (Wildman–Crippen MR) is 99.2 cm³/mol. The van der Waals surface area contributed by atoms with Crippen LogP contribution in [-0.4, -0.2) is 34.8 Å². The maximum absolute atomic E-state index is 13.0. The van der Waals surface area contributed by atoms with Crippen molar-refractivity contribution in [1.29, 1.82) is 0 Å². The summed E-state index contributed by atoms with van der Waals surface area (Å²) in [6, 6.07) is 3.75. The average Bonchev–Trinajstić information content (AvgIpc) is 2.88. The number of anilines is 1. The van der Waals surface area contributed by atoms with Gasteiger partial charge in [-0.2, -0.15) is 0 Å². The Bertz CT molecular complexity index is 841. The average molecular weight is 355 g/mol. The standard InChI is InChI=1S/C20H25N3O3/c1-12-7-5-9-21-18(12)22-19(24)16-8-6-10-23(11-16)20(25)17-13(2)14(3)26-15(17)4/h5,7,9,16H,6,8,10-11H2,1-4H3,(H,21,22,24)/t16-/m0/s1. The number of aromatic nitrogens is 1. The Labute approximate surface area is 153 Å². The third kappa shape index (κ3) is 3.49. The molecular formula is C20H25N3O3. The van der Waals surface area contributed by atoms with Crippen LogP contribution in [0, 0.1) is 33.6 Å². The number of nitrogens with one attached hydrogen (secondary N) is 1. The van der Waals surface area contributed by atoms with Gasteiger partial charge in [0.1, 0.15) is 17.3 Å².